The van der Waals surface area contributed by atoms with E-state index in [1.165, 1.54) is 12.1 Å². The number of nitro groups is 1. The van der Waals surface area contributed by atoms with E-state index in [0.29, 0.717) is 51.3 Å². The third-order valence-corrected chi connectivity index (χ3v) is 5.71. The van der Waals surface area contributed by atoms with Crippen LogP contribution in [0.3, 0.4) is 0 Å². The Morgan fingerprint density at radius 3 is 2.72 bits per heavy atom. The van der Waals surface area contributed by atoms with Gasteiger partial charge in [0.2, 0.25) is 5.82 Å². The number of carbonyl (C=O) groups is 1. The Morgan fingerprint density at radius 1 is 1.19 bits per heavy atom. The number of pyridine rings is 1. The highest BCUT2D eigenvalue weighted by Crippen LogP contribution is 2.38. The molecular weight excluding hydrogens is 424 g/mol. The minimum absolute atomic E-state index is 0.0927. The first-order valence-electron chi connectivity index (χ1n) is 10.4. The van der Waals surface area contributed by atoms with Gasteiger partial charge in [-0.25, -0.2) is 18.6 Å². The fourth-order valence-electron chi connectivity index (χ4n) is 4.15. The molecule has 0 radical (unpaired) electrons. The third kappa shape index (κ3) is 4.77. The number of hydrogen-bond acceptors (Lipinski definition) is 6. The summed E-state index contributed by atoms with van der Waals surface area (Å²) in [6.07, 6.45) is 2.59. The normalized spacial score (nSPS) is 19.1. The number of carbonyl (C=O) groups excluding carboxylic acids is 1. The molecule has 2 aliphatic rings. The summed E-state index contributed by atoms with van der Waals surface area (Å²) in [5.41, 5.74) is -0.155. The predicted molar refractivity (Wildman–Crippen MR) is 113 cm³/mol. The second-order valence-corrected chi connectivity index (χ2v) is 7.80. The summed E-state index contributed by atoms with van der Waals surface area (Å²) in [6.45, 7) is 1.58. The van der Waals surface area contributed by atoms with Gasteiger partial charge in [-0.2, -0.15) is 0 Å². The standard InChI is InChI=1S/C21H23F2N5O4/c22-13-3-4-16(23)15(12-13)17-2-1-9-27(17)19-6-5-18(28(30)31)20(25-19)26-21(29)24-14-7-10-32-11-8-14/h3-6,12,14,17H,1-2,7-11H2,(H2,24,25,26,29). The van der Waals surface area contributed by atoms with Gasteiger partial charge in [0, 0.05) is 37.4 Å². The number of amides is 2. The third-order valence-electron chi connectivity index (χ3n) is 5.71. The Hall–Kier alpha value is -3.34. The largest absolute Gasteiger partial charge is 0.381 e. The van der Waals surface area contributed by atoms with E-state index in [2.05, 4.69) is 15.6 Å². The minimum Gasteiger partial charge on any atom is -0.381 e. The fraction of sp³-hybridized carbons (Fsp3) is 0.429. The van der Waals surface area contributed by atoms with Gasteiger partial charge in [-0.1, -0.05) is 0 Å². The molecular formula is C21H23F2N5O4. The Labute approximate surface area is 182 Å². The first-order chi connectivity index (χ1) is 15.4. The molecule has 2 aromatic rings. The number of aromatic nitrogens is 1. The zero-order chi connectivity index (χ0) is 22.7. The van der Waals surface area contributed by atoms with Crippen LogP contribution in [-0.2, 0) is 4.74 Å². The van der Waals surface area contributed by atoms with Gasteiger partial charge in [-0.15, -0.1) is 0 Å². The van der Waals surface area contributed by atoms with E-state index in [9.17, 15) is 23.7 Å². The van der Waals surface area contributed by atoms with Gasteiger partial charge in [-0.05, 0) is 49.9 Å². The summed E-state index contributed by atoms with van der Waals surface area (Å²) in [5.74, 6) is -0.943. The molecule has 1 aromatic heterocycles. The number of urea groups is 1. The summed E-state index contributed by atoms with van der Waals surface area (Å²) in [5, 5.41) is 16.7. The van der Waals surface area contributed by atoms with Crippen molar-refractivity contribution >= 4 is 23.4 Å². The van der Waals surface area contributed by atoms with Crippen LogP contribution in [0, 0.1) is 21.7 Å². The summed E-state index contributed by atoms with van der Waals surface area (Å²) < 4.78 is 33.4. The second kappa shape index (κ2) is 9.43. The van der Waals surface area contributed by atoms with E-state index >= 15 is 0 Å². The van der Waals surface area contributed by atoms with Crippen LogP contribution in [-0.4, -0.2) is 41.7 Å². The zero-order valence-corrected chi connectivity index (χ0v) is 17.2. The van der Waals surface area contributed by atoms with Crippen molar-refractivity contribution in [2.24, 2.45) is 0 Å². The van der Waals surface area contributed by atoms with Gasteiger partial charge in [-0.3, -0.25) is 15.4 Å². The van der Waals surface area contributed by atoms with Crippen molar-refractivity contribution in [3.8, 4) is 0 Å². The Balaban J connectivity index is 1.58. The highest BCUT2D eigenvalue weighted by molar-refractivity contribution is 5.91. The van der Waals surface area contributed by atoms with Crippen molar-refractivity contribution in [2.45, 2.75) is 37.8 Å². The van der Waals surface area contributed by atoms with Crippen molar-refractivity contribution in [1.29, 1.82) is 0 Å². The maximum atomic E-state index is 14.4. The van der Waals surface area contributed by atoms with Crippen LogP contribution >= 0.6 is 0 Å². The molecule has 2 aliphatic heterocycles. The molecule has 0 saturated carbocycles. The number of benzene rings is 1. The van der Waals surface area contributed by atoms with Crippen molar-refractivity contribution < 1.29 is 23.2 Å². The van der Waals surface area contributed by atoms with Gasteiger partial charge in [0.25, 0.3) is 0 Å². The molecule has 11 heteroatoms. The molecule has 32 heavy (non-hydrogen) atoms. The molecule has 0 aliphatic carbocycles. The van der Waals surface area contributed by atoms with Crippen molar-refractivity contribution in [2.75, 3.05) is 30.0 Å². The SMILES string of the molecule is O=C(Nc1nc(N2CCCC2c2cc(F)ccc2F)ccc1[N+](=O)[O-])NC1CCOCC1. The molecule has 1 unspecified atom stereocenters. The molecule has 2 fully saturated rings. The van der Waals surface area contributed by atoms with E-state index in [0.717, 1.165) is 18.2 Å². The highest BCUT2D eigenvalue weighted by atomic mass is 19.1. The Morgan fingerprint density at radius 2 is 1.97 bits per heavy atom. The number of anilines is 2. The monoisotopic (exact) mass is 447 g/mol. The smallest absolute Gasteiger partial charge is 0.320 e. The Bertz CT molecular complexity index is 1020. The molecule has 1 aromatic carbocycles. The van der Waals surface area contributed by atoms with Crippen LogP contribution in [0.25, 0.3) is 0 Å². The summed E-state index contributed by atoms with van der Waals surface area (Å²) in [4.78, 5) is 29.3. The van der Waals surface area contributed by atoms with E-state index in [1.807, 2.05) is 0 Å². The predicted octanol–water partition coefficient (Wildman–Crippen LogP) is 3.91. The van der Waals surface area contributed by atoms with Crippen LogP contribution in [0.4, 0.5) is 30.9 Å². The van der Waals surface area contributed by atoms with Crippen molar-refractivity contribution in [3.63, 3.8) is 0 Å². The Kier molecular flexibility index (Phi) is 6.45. The summed E-state index contributed by atoms with van der Waals surface area (Å²) in [6, 6.07) is 4.84. The number of halogens is 2. The van der Waals surface area contributed by atoms with Gasteiger partial charge < -0.3 is 15.0 Å². The first kappa shape index (κ1) is 21.9. The van der Waals surface area contributed by atoms with E-state index in [1.54, 1.807) is 4.90 Å². The molecule has 0 bridgehead atoms. The topological polar surface area (TPSA) is 110 Å². The molecule has 3 heterocycles. The van der Waals surface area contributed by atoms with Crippen LogP contribution in [0.5, 0.6) is 0 Å². The van der Waals surface area contributed by atoms with E-state index in [-0.39, 0.29) is 23.1 Å². The fourth-order valence-corrected chi connectivity index (χ4v) is 4.15. The zero-order valence-electron chi connectivity index (χ0n) is 17.2. The molecule has 170 valence electrons. The lowest BCUT2D eigenvalue weighted by Crippen LogP contribution is -2.41. The highest BCUT2D eigenvalue weighted by Gasteiger charge is 2.31. The van der Waals surface area contributed by atoms with Gasteiger partial charge in [0.15, 0.2) is 0 Å². The lowest BCUT2D eigenvalue weighted by Gasteiger charge is -2.27. The summed E-state index contributed by atoms with van der Waals surface area (Å²) in [7, 11) is 0. The quantitative estimate of drug-likeness (QED) is 0.531. The van der Waals surface area contributed by atoms with Crippen molar-refractivity contribution in [1.82, 2.24) is 10.3 Å². The number of rotatable bonds is 5. The van der Waals surface area contributed by atoms with E-state index < -0.39 is 28.6 Å². The lowest BCUT2D eigenvalue weighted by molar-refractivity contribution is -0.384. The average Bonchev–Trinajstić information content (AvgIpc) is 3.25. The first-order valence-corrected chi connectivity index (χ1v) is 10.4. The number of nitrogens with one attached hydrogen (secondary N) is 2. The van der Waals surface area contributed by atoms with Crippen molar-refractivity contribution in [3.05, 3.63) is 57.6 Å². The molecule has 4 rings (SSSR count). The average molecular weight is 447 g/mol. The maximum absolute atomic E-state index is 14.4. The minimum atomic E-state index is -0.630. The molecule has 9 nitrogen and oxygen atoms in total. The van der Waals surface area contributed by atoms with Crippen LogP contribution in [0.15, 0.2) is 30.3 Å². The van der Waals surface area contributed by atoms with E-state index in [4.69, 9.17) is 4.74 Å². The number of ether oxygens (including phenoxy) is 1. The molecule has 1 atom stereocenters. The molecule has 0 spiro atoms. The van der Waals surface area contributed by atoms with Gasteiger partial charge >= 0.3 is 11.7 Å². The number of nitrogens with zero attached hydrogens (tertiary/aromatic N) is 3. The van der Waals surface area contributed by atoms with Gasteiger partial charge in [0.1, 0.15) is 17.5 Å². The maximum Gasteiger partial charge on any atom is 0.320 e. The van der Waals surface area contributed by atoms with Crippen LogP contribution in [0.2, 0.25) is 0 Å². The van der Waals surface area contributed by atoms with Crippen LogP contribution < -0.4 is 15.5 Å². The lowest BCUT2D eigenvalue weighted by atomic mass is 10.0. The summed E-state index contributed by atoms with van der Waals surface area (Å²) >= 11 is 0. The number of hydrogen-bond donors (Lipinski definition) is 2. The van der Waals surface area contributed by atoms with Gasteiger partial charge in [0.05, 0.1) is 11.0 Å². The van der Waals surface area contributed by atoms with Crippen LogP contribution in [0.1, 0.15) is 37.3 Å². The molecule has 2 N–H and O–H groups in total. The molecule has 2 amide bonds. The second-order valence-electron chi connectivity index (χ2n) is 7.80. The molecule has 2 saturated heterocycles.